The lowest BCUT2D eigenvalue weighted by Crippen LogP contribution is -2.38. The van der Waals surface area contributed by atoms with E-state index in [1.165, 1.54) is 11.1 Å². The maximum atomic E-state index is 11.9. The first kappa shape index (κ1) is 16.0. The summed E-state index contributed by atoms with van der Waals surface area (Å²) in [5.41, 5.74) is 2.62. The summed E-state index contributed by atoms with van der Waals surface area (Å²) in [6, 6.07) is 8.35. The Morgan fingerprint density at radius 2 is 2.00 bits per heavy atom. The molecule has 0 bridgehead atoms. The van der Waals surface area contributed by atoms with E-state index in [0.29, 0.717) is 0 Å². The lowest BCUT2D eigenvalue weighted by atomic mass is 9.97. The molecule has 1 saturated heterocycles. The summed E-state index contributed by atoms with van der Waals surface area (Å²) in [7, 11) is 0. The monoisotopic (exact) mass is 282 g/mol. The fourth-order valence-electron chi connectivity index (χ4n) is 2.44. The molecule has 1 aromatic rings. The van der Waals surface area contributed by atoms with Crippen molar-refractivity contribution in [2.24, 2.45) is 5.92 Å². The van der Waals surface area contributed by atoms with Crippen molar-refractivity contribution in [1.29, 1.82) is 0 Å². The molecule has 0 radical (unpaired) electrons. The van der Waals surface area contributed by atoms with Crippen LogP contribution >= 0.6 is 12.4 Å². The Kier molecular flexibility index (Phi) is 6.89. The normalized spacial score (nSPS) is 15.6. The van der Waals surface area contributed by atoms with Crippen LogP contribution in [-0.4, -0.2) is 25.5 Å². The van der Waals surface area contributed by atoms with Gasteiger partial charge >= 0.3 is 0 Å². The average molecular weight is 283 g/mol. The van der Waals surface area contributed by atoms with Crippen LogP contribution in [0.25, 0.3) is 0 Å². The van der Waals surface area contributed by atoms with Gasteiger partial charge in [-0.15, -0.1) is 12.4 Å². The topological polar surface area (TPSA) is 41.1 Å². The largest absolute Gasteiger partial charge is 0.356 e. The van der Waals surface area contributed by atoms with Crippen LogP contribution in [0.5, 0.6) is 0 Å². The van der Waals surface area contributed by atoms with E-state index in [4.69, 9.17) is 0 Å². The second kappa shape index (κ2) is 8.18. The molecule has 2 rings (SSSR count). The molecule has 0 atom stereocenters. The minimum atomic E-state index is 0. The number of piperidine rings is 1. The van der Waals surface area contributed by atoms with Crippen LogP contribution < -0.4 is 10.6 Å². The molecule has 1 amide bonds. The first-order chi connectivity index (χ1) is 8.77. The molecule has 4 heteroatoms. The molecule has 0 spiro atoms. The molecule has 1 aliphatic rings. The predicted octanol–water partition coefficient (Wildman–Crippen LogP) is 2.08. The first-order valence-electron chi connectivity index (χ1n) is 6.80. The standard InChI is InChI=1S/C15H22N2O.ClH/c1-12-4-2-3-5-13(12)8-11-17-15(18)14-6-9-16-10-7-14;/h2-5,14,16H,6-11H2,1H3,(H,17,18);1H. The third-order valence-corrected chi connectivity index (χ3v) is 3.66. The van der Waals surface area contributed by atoms with Gasteiger partial charge in [0.15, 0.2) is 0 Å². The molecule has 0 unspecified atom stereocenters. The van der Waals surface area contributed by atoms with Gasteiger partial charge in [0.05, 0.1) is 0 Å². The number of aryl methyl sites for hydroxylation is 1. The predicted molar refractivity (Wildman–Crippen MR) is 80.7 cm³/mol. The third-order valence-electron chi connectivity index (χ3n) is 3.66. The van der Waals surface area contributed by atoms with Crippen molar-refractivity contribution in [3.63, 3.8) is 0 Å². The number of hydrogen-bond acceptors (Lipinski definition) is 2. The summed E-state index contributed by atoms with van der Waals surface area (Å²) in [5.74, 6) is 0.438. The SMILES string of the molecule is Cc1ccccc1CCNC(=O)C1CCNCC1.Cl. The highest BCUT2D eigenvalue weighted by Gasteiger charge is 2.20. The van der Waals surface area contributed by atoms with E-state index in [1.54, 1.807) is 0 Å². The van der Waals surface area contributed by atoms with Crippen LogP contribution in [0.15, 0.2) is 24.3 Å². The lowest BCUT2D eigenvalue weighted by molar-refractivity contribution is -0.125. The summed E-state index contributed by atoms with van der Waals surface area (Å²) >= 11 is 0. The summed E-state index contributed by atoms with van der Waals surface area (Å²) in [6.07, 6.45) is 2.86. The van der Waals surface area contributed by atoms with Gasteiger partial charge in [0.25, 0.3) is 0 Å². The van der Waals surface area contributed by atoms with E-state index < -0.39 is 0 Å². The maximum Gasteiger partial charge on any atom is 0.223 e. The van der Waals surface area contributed by atoms with Gasteiger partial charge in [-0.1, -0.05) is 24.3 Å². The fraction of sp³-hybridized carbons (Fsp3) is 0.533. The summed E-state index contributed by atoms with van der Waals surface area (Å²) < 4.78 is 0. The number of nitrogens with one attached hydrogen (secondary N) is 2. The number of amides is 1. The Morgan fingerprint density at radius 1 is 1.32 bits per heavy atom. The molecule has 3 nitrogen and oxygen atoms in total. The smallest absolute Gasteiger partial charge is 0.223 e. The molecule has 0 aliphatic carbocycles. The second-order valence-corrected chi connectivity index (χ2v) is 4.99. The van der Waals surface area contributed by atoms with Gasteiger partial charge in [-0.2, -0.15) is 0 Å². The van der Waals surface area contributed by atoms with Crippen molar-refractivity contribution in [3.05, 3.63) is 35.4 Å². The van der Waals surface area contributed by atoms with Crippen LogP contribution in [0.4, 0.5) is 0 Å². The summed E-state index contributed by atoms with van der Waals surface area (Å²) in [5, 5.41) is 6.34. The average Bonchev–Trinajstić information content (AvgIpc) is 2.42. The minimum Gasteiger partial charge on any atom is -0.356 e. The van der Waals surface area contributed by atoms with Crippen LogP contribution in [0, 0.1) is 12.8 Å². The van der Waals surface area contributed by atoms with E-state index in [0.717, 1.165) is 38.9 Å². The molecule has 1 aliphatic heterocycles. The van der Waals surface area contributed by atoms with E-state index >= 15 is 0 Å². The molecule has 19 heavy (non-hydrogen) atoms. The molecule has 106 valence electrons. The van der Waals surface area contributed by atoms with Gasteiger partial charge in [0.1, 0.15) is 0 Å². The second-order valence-electron chi connectivity index (χ2n) is 4.99. The van der Waals surface area contributed by atoms with Crippen molar-refractivity contribution in [3.8, 4) is 0 Å². The number of benzene rings is 1. The number of hydrogen-bond donors (Lipinski definition) is 2. The Balaban J connectivity index is 0.00000180. The number of halogens is 1. The van der Waals surface area contributed by atoms with Gasteiger partial charge < -0.3 is 10.6 Å². The highest BCUT2D eigenvalue weighted by Crippen LogP contribution is 2.11. The van der Waals surface area contributed by atoms with Gasteiger partial charge in [0.2, 0.25) is 5.91 Å². The zero-order valence-corrected chi connectivity index (χ0v) is 12.3. The highest BCUT2D eigenvalue weighted by atomic mass is 35.5. The molecule has 0 saturated carbocycles. The molecule has 2 N–H and O–H groups in total. The molecular weight excluding hydrogens is 260 g/mol. The summed E-state index contributed by atoms with van der Waals surface area (Å²) in [4.78, 5) is 11.9. The zero-order chi connectivity index (χ0) is 12.8. The van der Waals surface area contributed by atoms with Crippen molar-refractivity contribution in [2.75, 3.05) is 19.6 Å². The van der Waals surface area contributed by atoms with Crippen LogP contribution in [0.1, 0.15) is 24.0 Å². The van der Waals surface area contributed by atoms with Crippen LogP contribution in [0.3, 0.4) is 0 Å². The van der Waals surface area contributed by atoms with Crippen LogP contribution in [-0.2, 0) is 11.2 Å². The van der Waals surface area contributed by atoms with Gasteiger partial charge in [0, 0.05) is 12.5 Å². The van der Waals surface area contributed by atoms with Crippen molar-refractivity contribution in [1.82, 2.24) is 10.6 Å². The fourth-order valence-corrected chi connectivity index (χ4v) is 2.44. The maximum absolute atomic E-state index is 11.9. The van der Waals surface area contributed by atoms with Gasteiger partial charge in [-0.3, -0.25) is 4.79 Å². The van der Waals surface area contributed by atoms with Crippen molar-refractivity contribution < 1.29 is 4.79 Å². The summed E-state index contributed by atoms with van der Waals surface area (Å²) in [6.45, 7) is 4.79. The molecule has 1 aromatic carbocycles. The first-order valence-corrected chi connectivity index (χ1v) is 6.80. The zero-order valence-electron chi connectivity index (χ0n) is 11.4. The number of carbonyl (C=O) groups is 1. The molecule has 0 aromatic heterocycles. The van der Waals surface area contributed by atoms with E-state index in [9.17, 15) is 4.79 Å². The van der Waals surface area contributed by atoms with E-state index in [-0.39, 0.29) is 24.2 Å². The van der Waals surface area contributed by atoms with Crippen molar-refractivity contribution in [2.45, 2.75) is 26.2 Å². The van der Waals surface area contributed by atoms with E-state index in [2.05, 4.69) is 35.8 Å². The van der Waals surface area contributed by atoms with E-state index in [1.807, 2.05) is 6.07 Å². The highest BCUT2D eigenvalue weighted by molar-refractivity contribution is 5.85. The van der Waals surface area contributed by atoms with Gasteiger partial charge in [-0.05, 0) is 50.4 Å². The molecule has 1 fully saturated rings. The quantitative estimate of drug-likeness (QED) is 0.888. The molecular formula is C15H23ClN2O. The Morgan fingerprint density at radius 3 is 2.68 bits per heavy atom. The van der Waals surface area contributed by atoms with Crippen molar-refractivity contribution >= 4 is 18.3 Å². The lowest BCUT2D eigenvalue weighted by Gasteiger charge is -2.21. The van der Waals surface area contributed by atoms with Crippen LogP contribution in [0.2, 0.25) is 0 Å². The Hall–Kier alpha value is -1.06. The van der Waals surface area contributed by atoms with Gasteiger partial charge in [-0.25, -0.2) is 0 Å². The minimum absolute atomic E-state index is 0. The third kappa shape index (κ3) is 4.84. The Bertz CT molecular complexity index is 403. The molecule has 1 heterocycles. The number of carbonyl (C=O) groups excluding carboxylic acids is 1. The number of rotatable bonds is 4. The Labute approximate surface area is 121 Å².